The average Bonchev–Trinajstić information content (AvgIpc) is 2.71. The molecule has 1 aliphatic rings. The van der Waals surface area contributed by atoms with Crippen LogP contribution in [0.2, 0.25) is 5.02 Å². The lowest BCUT2D eigenvalue weighted by molar-refractivity contribution is -0.383. The SMILES string of the molecule is CN1CCCn2c1nc1c(Cl)ccc([N+](=O)[O-])c12. The van der Waals surface area contributed by atoms with Crippen molar-refractivity contribution in [1.82, 2.24) is 9.55 Å². The summed E-state index contributed by atoms with van der Waals surface area (Å²) in [5.41, 5.74) is 1.09. The predicted octanol–water partition coefficient (Wildman–Crippen LogP) is 2.44. The molecule has 3 rings (SSSR count). The van der Waals surface area contributed by atoms with Crippen molar-refractivity contribution in [2.75, 3.05) is 18.5 Å². The van der Waals surface area contributed by atoms with Crippen LogP contribution in [0.1, 0.15) is 6.42 Å². The Hall–Kier alpha value is -1.82. The van der Waals surface area contributed by atoms with Crippen molar-refractivity contribution in [2.24, 2.45) is 0 Å². The van der Waals surface area contributed by atoms with Gasteiger partial charge < -0.3 is 9.47 Å². The van der Waals surface area contributed by atoms with Crippen LogP contribution in [-0.2, 0) is 6.54 Å². The standard InChI is InChI=1S/C11H11ClN4O2/c1-14-5-2-6-15-10-8(16(17)18)4-3-7(12)9(10)13-11(14)15/h3-4H,2,5-6H2,1H3. The minimum Gasteiger partial charge on any atom is -0.345 e. The Morgan fingerprint density at radius 2 is 2.22 bits per heavy atom. The fourth-order valence-electron chi connectivity index (χ4n) is 2.39. The Balaban J connectivity index is 2.41. The van der Waals surface area contributed by atoms with E-state index < -0.39 is 0 Å². The molecule has 6 nitrogen and oxygen atoms in total. The molecule has 0 bridgehead atoms. The molecule has 0 fully saturated rings. The monoisotopic (exact) mass is 266 g/mol. The number of fused-ring (bicyclic) bond motifs is 3. The lowest BCUT2D eigenvalue weighted by atomic mass is 10.2. The van der Waals surface area contributed by atoms with Crippen LogP contribution < -0.4 is 4.90 Å². The molecule has 0 saturated carbocycles. The lowest BCUT2D eigenvalue weighted by Crippen LogP contribution is -2.28. The van der Waals surface area contributed by atoms with Crippen LogP contribution in [0.25, 0.3) is 11.0 Å². The first-order valence-corrected chi connectivity index (χ1v) is 6.01. The number of aryl methyl sites for hydroxylation is 1. The van der Waals surface area contributed by atoms with E-state index in [-0.39, 0.29) is 10.6 Å². The maximum Gasteiger partial charge on any atom is 0.295 e. The van der Waals surface area contributed by atoms with Gasteiger partial charge >= 0.3 is 0 Å². The summed E-state index contributed by atoms with van der Waals surface area (Å²) in [6, 6.07) is 2.97. The van der Waals surface area contributed by atoms with Gasteiger partial charge in [-0.05, 0) is 12.5 Å². The summed E-state index contributed by atoms with van der Waals surface area (Å²) in [5, 5.41) is 11.5. The van der Waals surface area contributed by atoms with Crippen molar-refractivity contribution in [3.63, 3.8) is 0 Å². The van der Waals surface area contributed by atoms with Gasteiger partial charge in [-0.15, -0.1) is 0 Å². The van der Waals surface area contributed by atoms with Crippen LogP contribution in [0.4, 0.5) is 11.6 Å². The zero-order valence-corrected chi connectivity index (χ0v) is 10.5. The van der Waals surface area contributed by atoms with Gasteiger partial charge in [0.05, 0.1) is 9.95 Å². The van der Waals surface area contributed by atoms with E-state index in [2.05, 4.69) is 4.98 Å². The van der Waals surface area contributed by atoms with Gasteiger partial charge in [0.15, 0.2) is 5.52 Å². The van der Waals surface area contributed by atoms with Crippen LogP contribution in [0.3, 0.4) is 0 Å². The van der Waals surface area contributed by atoms with E-state index in [0.29, 0.717) is 16.1 Å². The first-order valence-electron chi connectivity index (χ1n) is 5.64. The average molecular weight is 267 g/mol. The van der Waals surface area contributed by atoms with E-state index in [9.17, 15) is 10.1 Å². The molecule has 0 amide bonds. The molecule has 2 heterocycles. The first kappa shape index (κ1) is 11.3. The number of imidazole rings is 1. The lowest BCUT2D eigenvalue weighted by Gasteiger charge is -2.24. The minimum absolute atomic E-state index is 0.0588. The molecule has 2 aromatic rings. The molecule has 7 heteroatoms. The van der Waals surface area contributed by atoms with Crippen molar-refractivity contribution >= 4 is 34.3 Å². The third kappa shape index (κ3) is 1.45. The van der Waals surface area contributed by atoms with Crippen LogP contribution >= 0.6 is 11.6 Å². The molecular weight excluding hydrogens is 256 g/mol. The number of halogens is 1. The summed E-state index contributed by atoms with van der Waals surface area (Å²) in [5.74, 6) is 0.743. The summed E-state index contributed by atoms with van der Waals surface area (Å²) < 4.78 is 1.88. The Bertz CT molecular complexity index is 652. The van der Waals surface area contributed by atoms with E-state index in [4.69, 9.17) is 11.6 Å². The fraction of sp³-hybridized carbons (Fsp3) is 0.364. The molecule has 0 aliphatic carbocycles. The molecule has 0 N–H and O–H groups in total. The van der Waals surface area contributed by atoms with Gasteiger partial charge in [0, 0.05) is 26.2 Å². The molecule has 1 aromatic carbocycles. The topological polar surface area (TPSA) is 64.2 Å². The second kappa shape index (κ2) is 3.84. The third-order valence-corrected chi connectivity index (χ3v) is 3.52. The molecule has 18 heavy (non-hydrogen) atoms. The number of rotatable bonds is 1. The van der Waals surface area contributed by atoms with Crippen LogP contribution in [0, 0.1) is 10.1 Å². The van der Waals surface area contributed by atoms with Crippen LogP contribution in [0.15, 0.2) is 12.1 Å². The number of aromatic nitrogens is 2. The molecule has 1 aliphatic heterocycles. The van der Waals surface area contributed by atoms with E-state index in [1.54, 1.807) is 0 Å². The number of anilines is 1. The Kier molecular flexibility index (Phi) is 2.41. The summed E-state index contributed by atoms with van der Waals surface area (Å²) >= 11 is 6.08. The van der Waals surface area contributed by atoms with Gasteiger partial charge in [-0.1, -0.05) is 11.6 Å². The summed E-state index contributed by atoms with van der Waals surface area (Å²) in [6.07, 6.45) is 0.943. The molecule has 0 unspecified atom stereocenters. The highest BCUT2D eigenvalue weighted by Crippen LogP contribution is 2.35. The number of nitrogens with zero attached hydrogens (tertiary/aromatic N) is 4. The molecule has 0 atom stereocenters. The number of nitro benzene ring substituents is 1. The first-order chi connectivity index (χ1) is 8.59. The second-order valence-corrected chi connectivity index (χ2v) is 4.77. The maximum atomic E-state index is 11.1. The quantitative estimate of drug-likeness (QED) is 0.587. The summed E-state index contributed by atoms with van der Waals surface area (Å²) in [7, 11) is 1.93. The van der Waals surface area contributed by atoms with Crippen LogP contribution in [0.5, 0.6) is 0 Å². The second-order valence-electron chi connectivity index (χ2n) is 4.36. The van der Waals surface area contributed by atoms with Gasteiger partial charge in [-0.25, -0.2) is 4.98 Å². The minimum atomic E-state index is -0.387. The fourth-order valence-corrected chi connectivity index (χ4v) is 2.59. The summed E-state index contributed by atoms with van der Waals surface area (Å²) in [4.78, 5) is 17.1. The van der Waals surface area contributed by atoms with E-state index in [1.807, 2.05) is 16.5 Å². The molecule has 0 spiro atoms. The van der Waals surface area contributed by atoms with Gasteiger partial charge in [0.2, 0.25) is 5.95 Å². The van der Waals surface area contributed by atoms with Gasteiger partial charge in [-0.3, -0.25) is 10.1 Å². The maximum absolute atomic E-state index is 11.1. The Labute approximate surface area is 108 Å². The zero-order valence-electron chi connectivity index (χ0n) is 9.76. The zero-order chi connectivity index (χ0) is 12.9. The predicted molar refractivity (Wildman–Crippen MR) is 69.3 cm³/mol. The van der Waals surface area contributed by atoms with Crippen LogP contribution in [-0.4, -0.2) is 28.1 Å². The van der Waals surface area contributed by atoms with Gasteiger partial charge in [0.1, 0.15) is 5.52 Å². The molecule has 94 valence electrons. The number of hydrogen-bond donors (Lipinski definition) is 0. The van der Waals surface area contributed by atoms with Crippen molar-refractivity contribution in [1.29, 1.82) is 0 Å². The van der Waals surface area contributed by atoms with E-state index in [0.717, 1.165) is 25.5 Å². The van der Waals surface area contributed by atoms with Gasteiger partial charge in [-0.2, -0.15) is 0 Å². The molecule has 0 radical (unpaired) electrons. The Morgan fingerprint density at radius 3 is 2.94 bits per heavy atom. The van der Waals surface area contributed by atoms with E-state index >= 15 is 0 Å². The number of non-ortho nitro benzene ring substituents is 1. The smallest absolute Gasteiger partial charge is 0.295 e. The highest BCUT2D eigenvalue weighted by molar-refractivity contribution is 6.35. The third-order valence-electron chi connectivity index (χ3n) is 3.22. The highest BCUT2D eigenvalue weighted by atomic mass is 35.5. The van der Waals surface area contributed by atoms with Crippen molar-refractivity contribution in [2.45, 2.75) is 13.0 Å². The molecule has 1 aromatic heterocycles. The Morgan fingerprint density at radius 1 is 1.44 bits per heavy atom. The van der Waals surface area contributed by atoms with Gasteiger partial charge in [0.25, 0.3) is 5.69 Å². The van der Waals surface area contributed by atoms with Crippen molar-refractivity contribution in [3.8, 4) is 0 Å². The molecular formula is C11H11ClN4O2. The summed E-state index contributed by atoms with van der Waals surface area (Å²) in [6.45, 7) is 1.63. The van der Waals surface area contributed by atoms with E-state index in [1.165, 1.54) is 12.1 Å². The largest absolute Gasteiger partial charge is 0.345 e. The number of benzene rings is 1. The molecule has 0 saturated heterocycles. The van der Waals surface area contributed by atoms with Crippen molar-refractivity contribution < 1.29 is 4.92 Å². The van der Waals surface area contributed by atoms with Crippen molar-refractivity contribution in [3.05, 3.63) is 27.3 Å². The number of hydrogen-bond acceptors (Lipinski definition) is 4. The normalized spacial score (nSPS) is 14.9. The highest BCUT2D eigenvalue weighted by Gasteiger charge is 2.26. The number of nitro groups is 1.